The molecule has 5 rings (SSSR count). The average molecular weight is 511 g/mol. The van der Waals surface area contributed by atoms with E-state index in [9.17, 15) is 48.7 Å². The van der Waals surface area contributed by atoms with E-state index in [4.69, 9.17) is 5.73 Å². The summed E-state index contributed by atoms with van der Waals surface area (Å²) in [5.41, 5.74) is 0.130. The summed E-state index contributed by atoms with van der Waals surface area (Å²) >= 11 is 0. The number of rotatable bonds is 2. The molecule has 4 unspecified atom stereocenters. The average Bonchev–Trinajstić information content (AvgIpc) is 2.82. The van der Waals surface area contributed by atoms with Gasteiger partial charge in [-0.25, -0.2) is 8.78 Å². The summed E-state index contributed by atoms with van der Waals surface area (Å²) in [5, 5.41) is 55.0. The molecule has 3 aliphatic rings. The quantitative estimate of drug-likeness (QED) is 0.330. The van der Waals surface area contributed by atoms with Crippen LogP contribution in [0, 0.1) is 23.5 Å². The van der Waals surface area contributed by atoms with Crippen molar-refractivity contribution in [3.63, 3.8) is 0 Å². The van der Waals surface area contributed by atoms with Crippen molar-refractivity contribution in [2.45, 2.75) is 18.1 Å². The number of carbonyl (C=O) groups excluding carboxylic acids is 3. The van der Waals surface area contributed by atoms with E-state index < -0.39 is 87.5 Å². The zero-order valence-electron chi connectivity index (χ0n) is 18.8. The van der Waals surface area contributed by atoms with Crippen molar-refractivity contribution in [2.24, 2.45) is 17.6 Å². The molecule has 0 bridgehead atoms. The van der Waals surface area contributed by atoms with Crippen LogP contribution in [0.2, 0.25) is 0 Å². The van der Waals surface area contributed by atoms with Gasteiger partial charge in [-0.15, -0.1) is 0 Å². The molecule has 1 fully saturated rings. The van der Waals surface area contributed by atoms with E-state index in [1.807, 2.05) is 0 Å². The number of Topliss-reactive ketones (excluding diaryl/α,β-unsaturated/α-hetero) is 2. The van der Waals surface area contributed by atoms with Crippen molar-refractivity contribution >= 4 is 34.9 Å². The van der Waals surface area contributed by atoms with Crippen molar-refractivity contribution in [1.82, 2.24) is 0 Å². The Labute approximate surface area is 207 Å². The highest BCUT2D eigenvalue weighted by Crippen LogP contribution is 2.55. The van der Waals surface area contributed by atoms with Gasteiger partial charge in [0, 0.05) is 29.9 Å². The number of phenols is 1. The van der Waals surface area contributed by atoms with E-state index >= 15 is 0 Å². The summed E-state index contributed by atoms with van der Waals surface area (Å²) in [5.74, 6) is -11.5. The Bertz CT molecular complexity index is 1520. The first-order chi connectivity index (χ1) is 17.4. The first-order valence-corrected chi connectivity index (χ1v) is 11.0. The molecule has 0 heterocycles. The highest BCUT2D eigenvalue weighted by molar-refractivity contribution is 6.23. The molecule has 2 aromatic rings. The Morgan fingerprint density at radius 2 is 1.81 bits per heavy atom. The number of aliphatic hydroxyl groups is 4. The van der Waals surface area contributed by atoms with Gasteiger partial charge in [-0.3, -0.25) is 14.4 Å². The Hall–Kier alpha value is -4.35. The van der Waals surface area contributed by atoms with Gasteiger partial charge >= 0.3 is 0 Å². The number of phenolic OH excluding ortho intramolecular Hbond substituents is 1. The molecular weight excluding hydrogens is 492 g/mol. The van der Waals surface area contributed by atoms with Gasteiger partial charge < -0.3 is 31.3 Å². The first kappa shape index (κ1) is 24.3. The second-order valence-corrected chi connectivity index (χ2v) is 9.11. The molecule has 190 valence electrons. The van der Waals surface area contributed by atoms with Gasteiger partial charge in [0.15, 0.2) is 11.4 Å². The van der Waals surface area contributed by atoms with E-state index in [1.165, 1.54) is 24.3 Å². The van der Waals surface area contributed by atoms with Gasteiger partial charge in [0.1, 0.15) is 34.5 Å². The highest BCUT2D eigenvalue weighted by atomic mass is 19.1. The van der Waals surface area contributed by atoms with E-state index in [1.54, 1.807) is 0 Å². The number of amides is 1. The number of halogens is 2. The molecule has 37 heavy (non-hydrogen) atoms. The van der Waals surface area contributed by atoms with Crippen LogP contribution in [0.5, 0.6) is 5.75 Å². The number of ketones is 2. The molecule has 0 aliphatic heterocycles. The molecule has 3 aliphatic carbocycles. The van der Waals surface area contributed by atoms with E-state index in [-0.39, 0.29) is 22.3 Å². The number of aromatic hydroxyl groups is 1. The van der Waals surface area contributed by atoms with Crippen LogP contribution >= 0.6 is 0 Å². The number of fused-ring (bicyclic) bond motifs is 3. The van der Waals surface area contributed by atoms with Gasteiger partial charge in [0.2, 0.25) is 5.78 Å². The Kier molecular flexibility index (Phi) is 5.32. The molecule has 4 atom stereocenters. The summed E-state index contributed by atoms with van der Waals surface area (Å²) in [6, 6.07) is 6.69. The third kappa shape index (κ3) is 3.24. The minimum atomic E-state index is -3.01. The lowest BCUT2D eigenvalue weighted by atomic mass is 9.56. The van der Waals surface area contributed by atoms with Gasteiger partial charge in [-0.1, -0.05) is 12.1 Å². The smallest absolute Gasteiger partial charge is 0.255 e. The van der Waals surface area contributed by atoms with Crippen LogP contribution < -0.4 is 5.73 Å². The topological polar surface area (TPSA) is 178 Å². The maximum absolute atomic E-state index is 14.6. The zero-order chi connectivity index (χ0) is 27.0. The van der Waals surface area contributed by atoms with Crippen LogP contribution in [-0.2, 0) is 14.4 Å². The van der Waals surface area contributed by atoms with E-state index in [2.05, 4.69) is 0 Å². The molecule has 0 saturated heterocycles. The maximum Gasteiger partial charge on any atom is 0.255 e. The summed E-state index contributed by atoms with van der Waals surface area (Å²) in [4.78, 5) is 38.1. The van der Waals surface area contributed by atoms with E-state index in [0.717, 1.165) is 12.1 Å². The molecule has 0 radical (unpaired) electrons. The number of hydrogen-bond donors (Lipinski definition) is 6. The molecule has 1 amide bonds. The largest absolute Gasteiger partial charge is 0.508 e. The van der Waals surface area contributed by atoms with Crippen molar-refractivity contribution in [3.05, 3.63) is 81.6 Å². The minimum absolute atomic E-state index is 0.00345. The third-order valence-electron chi connectivity index (χ3n) is 7.17. The Morgan fingerprint density at radius 3 is 2.46 bits per heavy atom. The fourth-order valence-corrected chi connectivity index (χ4v) is 5.47. The molecule has 9 nitrogen and oxygen atoms in total. The number of benzene rings is 2. The second-order valence-electron chi connectivity index (χ2n) is 9.11. The number of primary amides is 1. The summed E-state index contributed by atoms with van der Waals surface area (Å²) in [6.07, 6.45) is -1.42. The predicted octanol–water partition coefficient (Wildman–Crippen LogP) is 1.67. The fourth-order valence-electron chi connectivity index (χ4n) is 5.47. The normalized spacial score (nSPS) is 28.2. The maximum atomic E-state index is 14.6. The lowest BCUT2D eigenvalue weighted by Crippen LogP contribution is -2.63. The number of carbonyl (C=O) groups is 3. The van der Waals surface area contributed by atoms with Crippen molar-refractivity contribution in [3.8, 4) is 5.75 Å². The lowest BCUT2D eigenvalue weighted by Gasteiger charge is -2.49. The fraction of sp³-hybridized carbons (Fsp3) is 0.192. The van der Waals surface area contributed by atoms with Crippen LogP contribution in [0.15, 0.2) is 53.3 Å². The SMILES string of the molecule is NC(=O)C1=C(O)C2(O)C(=O)C3=C(O)c4c(O)cccc4/C(=C\c4ccc(F)cc4F)C3C(O)C2CC1=O. The monoisotopic (exact) mass is 511 g/mol. The summed E-state index contributed by atoms with van der Waals surface area (Å²) < 4.78 is 28.1. The molecule has 1 saturated carbocycles. The summed E-state index contributed by atoms with van der Waals surface area (Å²) in [6.45, 7) is 0. The Morgan fingerprint density at radius 1 is 1.11 bits per heavy atom. The highest BCUT2D eigenvalue weighted by Gasteiger charge is 2.64. The van der Waals surface area contributed by atoms with Crippen LogP contribution in [-0.4, -0.2) is 54.7 Å². The zero-order valence-corrected chi connectivity index (χ0v) is 18.8. The molecule has 2 aromatic carbocycles. The Balaban J connectivity index is 1.83. The van der Waals surface area contributed by atoms with Crippen LogP contribution in [0.3, 0.4) is 0 Å². The lowest BCUT2D eigenvalue weighted by molar-refractivity contribution is -0.157. The standard InChI is InChI=1S/C26H19F2NO8/c27-10-5-4-9(14(28)7-10)6-12-11-2-1-3-15(30)17(11)22(33)20-18(12)21(32)13-8-16(31)19(25(29)36)23(34)26(13,37)24(20)35/h1-7,13,18,21,30,32-34,37H,8H2,(H2,29,36)/b12-6+. The van der Waals surface area contributed by atoms with Crippen LogP contribution in [0.25, 0.3) is 17.4 Å². The van der Waals surface area contributed by atoms with Crippen LogP contribution in [0.4, 0.5) is 8.78 Å². The molecule has 11 heteroatoms. The second kappa shape index (κ2) is 8.08. The number of nitrogens with two attached hydrogens (primary N) is 1. The van der Waals surface area contributed by atoms with Crippen LogP contribution in [0.1, 0.15) is 23.1 Å². The molecule has 7 N–H and O–H groups in total. The number of aliphatic hydroxyl groups excluding tert-OH is 3. The molecule has 0 aromatic heterocycles. The van der Waals surface area contributed by atoms with Crippen molar-refractivity contribution in [1.29, 1.82) is 0 Å². The van der Waals surface area contributed by atoms with Gasteiger partial charge in [0.25, 0.3) is 5.91 Å². The van der Waals surface area contributed by atoms with Gasteiger partial charge in [0.05, 0.1) is 17.2 Å². The van der Waals surface area contributed by atoms with Crippen molar-refractivity contribution in [2.75, 3.05) is 0 Å². The predicted molar refractivity (Wildman–Crippen MR) is 123 cm³/mol. The van der Waals surface area contributed by atoms with Gasteiger partial charge in [-0.05, 0) is 35.4 Å². The van der Waals surface area contributed by atoms with Crippen molar-refractivity contribution < 1.29 is 48.7 Å². The van der Waals surface area contributed by atoms with Gasteiger partial charge in [-0.2, -0.15) is 0 Å². The van der Waals surface area contributed by atoms with E-state index in [0.29, 0.717) is 6.07 Å². The first-order valence-electron chi connectivity index (χ1n) is 11.0. The number of hydrogen-bond acceptors (Lipinski definition) is 8. The minimum Gasteiger partial charge on any atom is -0.508 e. The summed E-state index contributed by atoms with van der Waals surface area (Å²) in [7, 11) is 0. The molecule has 0 spiro atoms. The third-order valence-corrected chi connectivity index (χ3v) is 7.17. The molecular formula is C26H19F2NO8.